The summed E-state index contributed by atoms with van der Waals surface area (Å²) >= 11 is 0.954. The molecule has 0 spiro atoms. The zero-order valence-corrected chi connectivity index (χ0v) is 19.2. The van der Waals surface area contributed by atoms with Crippen molar-refractivity contribution in [2.75, 3.05) is 25.0 Å². The highest BCUT2D eigenvalue weighted by Crippen LogP contribution is 2.29. The lowest BCUT2D eigenvalue weighted by Crippen LogP contribution is -2.39. The van der Waals surface area contributed by atoms with Gasteiger partial charge in [0.2, 0.25) is 5.91 Å². The first-order valence-corrected chi connectivity index (χ1v) is 9.60. The summed E-state index contributed by atoms with van der Waals surface area (Å²) in [5, 5.41) is 10.0. The first-order chi connectivity index (χ1) is 13.8. The highest BCUT2D eigenvalue weighted by molar-refractivity contribution is 14.0. The molecule has 0 unspecified atom stereocenters. The third-order valence-electron chi connectivity index (χ3n) is 3.51. The van der Waals surface area contributed by atoms with Gasteiger partial charge < -0.3 is 16.0 Å². The number of halogens is 4. The van der Waals surface area contributed by atoms with Crippen molar-refractivity contribution in [3.05, 3.63) is 45.9 Å². The molecule has 0 aliphatic heterocycles. The maximum Gasteiger partial charge on any atom is 0.434 e. The van der Waals surface area contributed by atoms with Gasteiger partial charge in [-0.15, -0.1) is 41.7 Å². The second-order valence-electron chi connectivity index (χ2n) is 5.77. The average Bonchev–Trinajstić information content (AvgIpc) is 3.15. The minimum atomic E-state index is -4.44. The smallest absolute Gasteiger partial charge is 0.357 e. The van der Waals surface area contributed by atoms with Crippen LogP contribution in [0.15, 0.2) is 34.6 Å². The van der Waals surface area contributed by atoms with Gasteiger partial charge in [0.25, 0.3) is 0 Å². The predicted octanol–water partition coefficient (Wildman–Crippen LogP) is 3.50. The van der Waals surface area contributed by atoms with Gasteiger partial charge in [-0.25, -0.2) is 9.98 Å². The molecular formula is C19H21F3IN5OS. The Morgan fingerprint density at radius 2 is 2.10 bits per heavy atom. The van der Waals surface area contributed by atoms with E-state index < -0.39 is 11.9 Å². The van der Waals surface area contributed by atoms with Crippen LogP contribution in [-0.2, 0) is 17.4 Å². The van der Waals surface area contributed by atoms with Gasteiger partial charge in [0.1, 0.15) is 6.54 Å². The number of amides is 1. The van der Waals surface area contributed by atoms with Gasteiger partial charge in [-0.05, 0) is 25.1 Å². The monoisotopic (exact) mass is 551 g/mol. The quantitative estimate of drug-likeness (QED) is 0.213. The summed E-state index contributed by atoms with van der Waals surface area (Å²) in [5.74, 6) is 2.54. The first kappa shape index (κ1) is 25.7. The fourth-order valence-corrected chi connectivity index (χ4v) is 3.03. The molecule has 0 bridgehead atoms. The average molecular weight is 551 g/mol. The zero-order chi connectivity index (χ0) is 21.3. The highest BCUT2D eigenvalue weighted by atomic mass is 127. The van der Waals surface area contributed by atoms with Crippen LogP contribution in [0.4, 0.5) is 18.9 Å². The van der Waals surface area contributed by atoms with Crippen LogP contribution in [0.1, 0.15) is 23.2 Å². The number of terminal acetylenes is 1. The van der Waals surface area contributed by atoms with E-state index in [2.05, 4.69) is 31.8 Å². The van der Waals surface area contributed by atoms with Crippen LogP contribution in [0.3, 0.4) is 0 Å². The Balaban J connectivity index is 0.00000450. The number of aliphatic imine (C=N–C) groups is 1. The van der Waals surface area contributed by atoms with Crippen LogP contribution in [0.5, 0.6) is 0 Å². The van der Waals surface area contributed by atoms with Gasteiger partial charge in [0.15, 0.2) is 11.7 Å². The van der Waals surface area contributed by atoms with Crippen LogP contribution in [0.2, 0.25) is 0 Å². The van der Waals surface area contributed by atoms with Gasteiger partial charge in [0.05, 0.1) is 5.01 Å². The molecule has 0 radical (unpaired) electrons. The lowest BCUT2D eigenvalue weighted by molar-refractivity contribution is -0.140. The Bertz CT molecular complexity index is 908. The number of alkyl halides is 3. The standard InChI is InChI=1S/C19H20F3N5OS.HI/c1-3-13-6-5-7-14(10-13)26-16(28)11-25-18(23-4-2)24-9-8-17-27-15(12-29-17)19(20,21)22;/h1,5-7,10,12H,4,8-9,11H2,2H3,(H,26,28)(H2,23,24,25);1H. The number of aromatic nitrogens is 1. The predicted molar refractivity (Wildman–Crippen MR) is 123 cm³/mol. The third-order valence-corrected chi connectivity index (χ3v) is 4.42. The molecule has 2 aromatic rings. The number of hydrogen-bond donors (Lipinski definition) is 3. The van der Waals surface area contributed by atoms with Crippen LogP contribution < -0.4 is 16.0 Å². The van der Waals surface area contributed by atoms with Crippen LogP contribution in [0, 0.1) is 12.3 Å². The summed E-state index contributed by atoms with van der Waals surface area (Å²) < 4.78 is 37.7. The molecule has 1 aromatic carbocycles. The molecule has 1 amide bonds. The highest BCUT2D eigenvalue weighted by Gasteiger charge is 2.33. The summed E-state index contributed by atoms with van der Waals surface area (Å²) in [4.78, 5) is 19.8. The maximum absolute atomic E-state index is 12.6. The van der Waals surface area contributed by atoms with E-state index in [-0.39, 0.29) is 36.4 Å². The molecule has 162 valence electrons. The Morgan fingerprint density at radius 1 is 1.33 bits per heavy atom. The molecule has 30 heavy (non-hydrogen) atoms. The van der Waals surface area contributed by atoms with Gasteiger partial charge in [-0.3, -0.25) is 4.79 Å². The summed E-state index contributed by atoms with van der Waals surface area (Å²) in [7, 11) is 0. The molecular weight excluding hydrogens is 530 g/mol. The van der Waals surface area contributed by atoms with Crippen molar-refractivity contribution >= 4 is 52.9 Å². The summed E-state index contributed by atoms with van der Waals surface area (Å²) in [6.45, 7) is 2.61. The number of carbonyl (C=O) groups excluding carboxylic acids is 1. The van der Waals surface area contributed by atoms with Crippen molar-refractivity contribution in [1.82, 2.24) is 15.6 Å². The fourth-order valence-electron chi connectivity index (χ4n) is 2.22. The molecule has 3 N–H and O–H groups in total. The number of guanidine groups is 1. The number of rotatable bonds is 7. The third kappa shape index (κ3) is 8.58. The second-order valence-corrected chi connectivity index (χ2v) is 6.71. The van der Waals surface area contributed by atoms with Gasteiger partial charge >= 0.3 is 6.18 Å². The summed E-state index contributed by atoms with van der Waals surface area (Å²) in [5.41, 5.74) is 0.337. The maximum atomic E-state index is 12.6. The van der Waals surface area contributed by atoms with Crippen molar-refractivity contribution in [2.24, 2.45) is 4.99 Å². The van der Waals surface area contributed by atoms with E-state index in [4.69, 9.17) is 6.42 Å². The lowest BCUT2D eigenvalue weighted by Gasteiger charge is -2.11. The first-order valence-electron chi connectivity index (χ1n) is 8.72. The molecule has 0 saturated carbocycles. The van der Waals surface area contributed by atoms with Gasteiger partial charge in [0, 0.05) is 36.1 Å². The number of hydrogen-bond acceptors (Lipinski definition) is 4. The Hall–Kier alpha value is -2.33. The molecule has 1 heterocycles. The summed E-state index contributed by atoms with van der Waals surface area (Å²) in [6, 6.07) is 6.88. The number of benzene rings is 1. The van der Waals surface area contributed by atoms with Crippen molar-refractivity contribution in [3.8, 4) is 12.3 Å². The number of thiazole rings is 1. The van der Waals surface area contributed by atoms with E-state index in [1.54, 1.807) is 24.3 Å². The molecule has 0 aliphatic rings. The SMILES string of the molecule is C#Cc1cccc(NC(=O)CN=C(NCC)NCCc2nc(C(F)(F)F)cs2)c1.I. The zero-order valence-electron chi connectivity index (χ0n) is 16.0. The lowest BCUT2D eigenvalue weighted by atomic mass is 10.2. The normalized spacial score (nSPS) is 11.2. The Labute approximate surface area is 193 Å². The molecule has 1 aromatic heterocycles. The van der Waals surface area contributed by atoms with Crippen molar-refractivity contribution < 1.29 is 18.0 Å². The molecule has 2 rings (SSSR count). The van der Waals surface area contributed by atoms with Crippen molar-refractivity contribution in [2.45, 2.75) is 19.5 Å². The van der Waals surface area contributed by atoms with E-state index in [0.29, 0.717) is 41.7 Å². The molecule has 0 aliphatic carbocycles. The minimum absolute atomic E-state index is 0. The molecule has 0 saturated heterocycles. The van der Waals surface area contributed by atoms with E-state index in [9.17, 15) is 18.0 Å². The number of anilines is 1. The van der Waals surface area contributed by atoms with E-state index in [0.717, 1.165) is 16.7 Å². The number of nitrogens with zero attached hydrogens (tertiary/aromatic N) is 2. The topological polar surface area (TPSA) is 78.4 Å². The minimum Gasteiger partial charge on any atom is -0.357 e. The Morgan fingerprint density at radius 3 is 2.73 bits per heavy atom. The van der Waals surface area contributed by atoms with Crippen molar-refractivity contribution in [3.63, 3.8) is 0 Å². The van der Waals surface area contributed by atoms with E-state index >= 15 is 0 Å². The number of carbonyl (C=O) groups is 1. The van der Waals surface area contributed by atoms with Gasteiger partial charge in [-0.2, -0.15) is 13.2 Å². The second kappa shape index (κ2) is 12.4. The van der Waals surface area contributed by atoms with Crippen LogP contribution >= 0.6 is 35.3 Å². The molecule has 11 heteroatoms. The molecule has 6 nitrogen and oxygen atoms in total. The van der Waals surface area contributed by atoms with E-state index in [1.807, 2.05) is 6.92 Å². The van der Waals surface area contributed by atoms with Crippen molar-refractivity contribution in [1.29, 1.82) is 0 Å². The van der Waals surface area contributed by atoms with Crippen LogP contribution in [-0.4, -0.2) is 36.5 Å². The molecule has 0 fully saturated rings. The van der Waals surface area contributed by atoms with Crippen LogP contribution in [0.25, 0.3) is 0 Å². The Kier molecular flexibility index (Phi) is 10.6. The number of nitrogens with one attached hydrogen (secondary N) is 3. The largest absolute Gasteiger partial charge is 0.434 e. The fraction of sp³-hybridized carbons (Fsp3) is 0.316. The van der Waals surface area contributed by atoms with E-state index in [1.165, 1.54) is 0 Å². The van der Waals surface area contributed by atoms with Gasteiger partial charge in [-0.1, -0.05) is 12.0 Å². The summed E-state index contributed by atoms with van der Waals surface area (Å²) in [6.07, 6.45) is 1.19. The molecule has 0 atom stereocenters.